The maximum Gasteiger partial charge on any atom is 0.250 e. The summed E-state index contributed by atoms with van der Waals surface area (Å²) < 4.78 is 50.2. The van der Waals surface area contributed by atoms with Crippen LogP contribution in [0.5, 0.6) is 0 Å². The van der Waals surface area contributed by atoms with Crippen LogP contribution in [-0.2, 0) is 19.9 Å². The van der Waals surface area contributed by atoms with Crippen molar-refractivity contribution >= 4 is 47.1 Å². The van der Waals surface area contributed by atoms with E-state index in [0.29, 0.717) is 12.8 Å². The molecule has 1 atom stereocenters. The SMILES string of the molecule is O=S(=O)(NCC1CCCS1(=O)=O)c1ccc(Br)s1. The van der Waals surface area contributed by atoms with Crippen LogP contribution in [0.1, 0.15) is 12.8 Å². The molecule has 2 heterocycles. The molecule has 1 aromatic rings. The average molecular weight is 374 g/mol. The van der Waals surface area contributed by atoms with Gasteiger partial charge < -0.3 is 0 Å². The molecule has 1 aliphatic rings. The Morgan fingerprint density at radius 3 is 2.67 bits per heavy atom. The molecule has 0 aliphatic carbocycles. The predicted octanol–water partition coefficient (Wildman–Crippen LogP) is 1.37. The lowest BCUT2D eigenvalue weighted by atomic mass is 10.2. The third-order valence-corrected chi connectivity index (χ3v) is 8.59. The van der Waals surface area contributed by atoms with E-state index in [4.69, 9.17) is 0 Å². The minimum Gasteiger partial charge on any atom is -0.229 e. The van der Waals surface area contributed by atoms with E-state index >= 15 is 0 Å². The van der Waals surface area contributed by atoms with Crippen molar-refractivity contribution in [2.75, 3.05) is 12.3 Å². The topological polar surface area (TPSA) is 80.3 Å². The largest absolute Gasteiger partial charge is 0.250 e. The van der Waals surface area contributed by atoms with Crippen molar-refractivity contribution in [3.05, 3.63) is 15.9 Å². The van der Waals surface area contributed by atoms with Gasteiger partial charge in [0.05, 0.1) is 14.8 Å². The van der Waals surface area contributed by atoms with E-state index in [1.54, 1.807) is 6.07 Å². The van der Waals surface area contributed by atoms with Gasteiger partial charge in [-0.25, -0.2) is 21.6 Å². The first-order chi connectivity index (χ1) is 8.31. The van der Waals surface area contributed by atoms with Gasteiger partial charge in [-0.05, 0) is 40.9 Å². The highest BCUT2D eigenvalue weighted by atomic mass is 79.9. The molecule has 102 valence electrons. The fourth-order valence-corrected chi connectivity index (χ4v) is 6.81. The summed E-state index contributed by atoms with van der Waals surface area (Å²) in [6.07, 6.45) is 1.14. The van der Waals surface area contributed by atoms with Gasteiger partial charge in [0.15, 0.2) is 9.84 Å². The fraction of sp³-hybridized carbons (Fsp3) is 0.556. The monoisotopic (exact) mass is 373 g/mol. The maximum absolute atomic E-state index is 11.9. The van der Waals surface area contributed by atoms with Crippen molar-refractivity contribution in [3.63, 3.8) is 0 Å². The Kier molecular flexibility index (Phi) is 4.17. The number of hydrogen-bond donors (Lipinski definition) is 1. The molecule has 0 aromatic carbocycles. The first-order valence-corrected chi connectivity index (χ1v) is 10.1. The molecule has 0 saturated carbocycles. The highest BCUT2D eigenvalue weighted by Crippen LogP contribution is 2.26. The summed E-state index contributed by atoms with van der Waals surface area (Å²) in [4.78, 5) is 0. The van der Waals surface area contributed by atoms with Gasteiger partial charge in [-0.3, -0.25) is 0 Å². The first-order valence-electron chi connectivity index (χ1n) is 5.28. The molecular weight excluding hydrogens is 362 g/mol. The van der Waals surface area contributed by atoms with Gasteiger partial charge in [0.2, 0.25) is 10.0 Å². The third kappa shape index (κ3) is 3.13. The van der Waals surface area contributed by atoms with Crippen LogP contribution >= 0.6 is 27.3 Å². The summed E-state index contributed by atoms with van der Waals surface area (Å²) in [5.41, 5.74) is 0. The van der Waals surface area contributed by atoms with Gasteiger partial charge in [0, 0.05) is 6.54 Å². The quantitative estimate of drug-likeness (QED) is 0.863. The van der Waals surface area contributed by atoms with Crippen molar-refractivity contribution < 1.29 is 16.8 Å². The molecule has 1 aliphatic heterocycles. The first kappa shape index (κ1) is 14.4. The van der Waals surface area contributed by atoms with E-state index in [0.717, 1.165) is 15.1 Å². The van der Waals surface area contributed by atoms with Crippen LogP contribution in [0.2, 0.25) is 0 Å². The van der Waals surface area contributed by atoms with Gasteiger partial charge >= 0.3 is 0 Å². The van der Waals surface area contributed by atoms with Gasteiger partial charge in [-0.2, -0.15) is 0 Å². The van der Waals surface area contributed by atoms with Crippen LogP contribution in [0.4, 0.5) is 0 Å². The lowest BCUT2D eigenvalue weighted by Crippen LogP contribution is -2.34. The van der Waals surface area contributed by atoms with Crippen molar-refractivity contribution in [1.82, 2.24) is 4.72 Å². The Balaban J connectivity index is 2.06. The lowest BCUT2D eigenvalue weighted by Gasteiger charge is -2.10. The second-order valence-corrected chi connectivity index (χ2v) is 10.9. The summed E-state index contributed by atoms with van der Waals surface area (Å²) in [6.45, 7) is -0.0415. The molecule has 0 bridgehead atoms. The van der Waals surface area contributed by atoms with Crippen molar-refractivity contribution in [1.29, 1.82) is 0 Å². The molecule has 9 heteroatoms. The minimum atomic E-state index is -3.60. The Morgan fingerprint density at radius 1 is 1.44 bits per heavy atom. The summed E-state index contributed by atoms with van der Waals surface area (Å²) in [7, 11) is -6.72. The highest BCUT2D eigenvalue weighted by Gasteiger charge is 2.32. The Labute approximate surface area is 119 Å². The zero-order chi connectivity index (χ0) is 13.4. The molecule has 1 saturated heterocycles. The number of nitrogens with one attached hydrogen (secondary N) is 1. The second-order valence-electron chi connectivity index (χ2n) is 4.04. The maximum atomic E-state index is 11.9. The van der Waals surface area contributed by atoms with Crippen LogP contribution in [-0.4, -0.2) is 34.4 Å². The third-order valence-electron chi connectivity index (χ3n) is 2.78. The van der Waals surface area contributed by atoms with Crippen LogP contribution in [0.3, 0.4) is 0 Å². The number of thiophene rings is 1. The number of halogens is 1. The summed E-state index contributed by atoms with van der Waals surface area (Å²) >= 11 is 4.28. The van der Waals surface area contributed by atoms with E-state index in [1.165, 1.54) is 6.07 Å². The van der Waals surface area contributed by atoms with Gasteiger partial charge in [-0.1, -0.05) is 0 Å². The van der Waals surface area contributed by atoms with E-state index in [9.17, 15) is 16.8 Å². The molecule has 18 heavy (non-hydrogen) atoms. The van der Waals surface area contributed by atoms with E-state index in [2.05, 4.69) is 20.7 Å². The molecule has 0 spiro atoms. The normalized spacial score (nSPS) is 23.3. The molecule has 1 fully saturated rings. The minimum absolute atomic E-state index is 0.0415. The summed E-state index contributed by atoms with van der Waals surface area (Å²) in [6, 6.07) is 3.13. The number of sulfone groups is 1. The van der Waals surface area contributed by atoms with E-state index in [1.807, 2.05) is 0 Å². The molecule has 5 nitrogen and oxygen atoms in total. The molecule has 2 rings (SSSR count). The van der Waals surface area contributed by atoms with E-state index in [-0.39, 0.29) is 16.5 Å². The zero-order valence-electron chi connectivity index (χ0n) is 9.30. The van der Waals surface area contributed by atoms with E-state index < -0.39 is 25.1 Å². The Morgan fingerprint density at radius 2 is 2.17 bits per heavy atom. The van der Waals surface area contributed by atoms with Gasteiger partial charge in [0.25, 0.3) is 0 Å². The zero-order valence-corrected chi connectivity index (χ0v) is 13.3. The Bertz CT molecular complexity index is 635. The van der Waals surface area contributed by atoms with Crippen molar-refractivity contribution in [3.8, 4) is 0 Å². The number of sulfonamides is 1. The Hall–Kier alpha value is 0.0400. The molecule has 1 aromatic heterocycles. The average Bonchev–Trinajstić information content (AvgIpc) is 2.82. The van der Waals surface area contributed by atoms with Crippen molar-refractivity contribution in [2.24, 2.45) is 0 Å². The van der Waals surface area contributed by atoms with Crippen molar-refractivity contribution in [2.45, 2.75) is 22.3 Å². The summed E-state index contributed by atoms with van der Waals surface area (Å²) in [5, 5.41) is -0.587. The highest BCUT2D eigenvalue weighted by molar-refractivity contribution is 9.11. The molecule has 1 N–H and O–H groups in total. The van der Waals surface area contributed by atoms with Gasteiger partial charge in [0.1, 0.15) is 4.21 Å². The smallest absolute Gasteiger partial charge is 0.229 e. The standard InChI is InChI=1S/C9H12BrNO4S3/c10-8-3-4-9(16-8)18(14,15)11-6-7-2-1-5-17(7,12)13/h3-4,7,11H,1-2,5-6H2. The molecule has 0 radical (unpaired) electrons. The fourth-order valence-electron chi connectivity index (χ4n) is 1.80. The molecule has 1 unspecified atom stereocenters. The second kappa shape index (κ2) is 5.20. The van der Waals surface area contributed by atoms with Crippen LogP contribution < -0.4 is 4.72 Å². The number of hydrogen-bond acceptors (Lipinski definition) is 5. The lowest BCUT2D eigenvalue weighted by molar-refractivity contribution is 0.572. The predicted molar refractivity (Wildman–Crippen MR) is 74.0 cm³/mol. The number of rotatable bonds is 4. The van der Waals surface area contributed by atoms with Gasteiger partial charge in [-0.15, -0.1) is 11.3 Å². The van der Waals surface area contributed by atoms with Crippen LogP contribution in [0.25, 0.3) is 0 Å². The van der Waals surface area contributed by atoms with Crippen LogP contribution in [0.15, 0.2) is 20.1 Å². The van der Waals surface area contributed by atoms with Crippen LogP contribution in [0, 0.1) is 0 Å². The molecular formula is C9H12BrNO4S3. The summed E-state index contributed by atoms with van der Waals surface area (Å²) in [5.74, 6) is 0.157. The molecule has 0 amide bonds.